The standard InChI is InChI=1S/C12H8N6O4S3/c13-15-17-24(19,20)11-5-1-9(2-6-11)23-10-3-7-12(8-4-10)25(21,22)18-16-14/h1-8H. The zero-order chi connectivity index (χ0) is 18.5. The van der Waals surface area contributed by atoms with E-state index in [1.165, 1.54) is 60.3 Å². The van der Waals surface area contributed by atoms with E-state index in [0.717, 1.165) is 0 Å². The Kier molecular flexibility index (Phi) is 5.57. The molecule has 0 bridgehead atoms. The highest BCUT2D eigenvalue weighted by molar-refractivity contribution is 7.99. The molecule has 2 aromatic carbocycles. The molecule has 0 saturated carbocycles. The Labute approximate surface area is 146 Å². The van der Waals surface area contributed by atoms with Crippen LogP contribution in [0.3, 0.4) is 0 Å². The molecule has 10 nitrogen and oxygen atoms in total. The van der Waals surface area contributed by atoms with Gasteiger partial charge < -0.3 is 0 Å². The van der Waals surface area contributed by atoms with Crippen molar-refractivity contribution < 1.29 is 16.8 Å². The van der Waals surface area contributed by atoms with Gasteiger partial charge in [0.15, 0.2) is 0 Å². The summed E-state index contributed by atoms with van der Waals surface area (Å²) in [5.74, 6) is 0. The smallest absolute Gasteiger partial charge is 0.216 e. The van der Waals surface area contributed by atoms with E-state index in [4.69, 9.17) is 11.1 Å². The van der Waals surface area contributed by atoms with E-state index in [9.17, 15) is 16.8 Å². The van der Waals surface area contributed by atoms with Gasteiger partial charge in [-0.25, -0.2) is 16.8 Å². The normalized spacial score (nSPS) is 11.2. The summed E-state index contributed by atoms with van der Waals surface area (Å²) in [6.45, 7) is 0. The number of hydrogen-bond donors (Lipinski definition) is 0. The average Bonchev–Trinajstić information content (AvgIpc) is 2.56. The second-order valence-corrected chi connectivity index (χ2v) is 8.65. The van der Waals surface area contributed by atoms with Gasteiger partial charge in [0.25, 0.3) is 20.0 Å². The minimum absolute atomic E-state index is 0.134. The Morgan fingerprint density at radius 3 is 1.28 bits per heavy atom. The van der Waals surface area contributed by atoms with Crippen molar-refractivity contribution in [1.29, 1.82) is 0 Å². The topological polar surface area (TPSA) is 166 Å². The number of nitrogens with zero attached hydrogens (tertiary/aromatic N) is 6. The molecule has 128 valence electrons. The number of rotatable bonds is 6. The van der Waals surface area contributed by atoms with Crippen molar-refractivity contribution in [3.8, 4) is 0 Å². The van der Waals surface area contributed by atoms with Crippen LogP contribution in [0.25, 0.3) is 20.9 Å². The summed E-state index contributed by atoms with van der Waals surface area (Å²) in [5.41, 5.74) is 16.5. The minimum Gasteiger partial charge on any atom is -0.216 e. The molecule has 0 atom stereocenters. The quantitative estimate of drug-likeness (QED) is 0.410. The first-order valence-electron chi connectivity index (χ1n) is 6.29. The van der Waals surface area contributed by atoms with Gasteiger partial charge in [-0.05, 0) is 59.6 Å². The number of benzene rings is 2. The molecule has 0 radical (unpaired) electrons. The minimum atomic E-state index is -4.03. The van der Waals surface area contributed by atoms with Crippen LogP contribution in [0.1, 0.15) is 0 Å². The fourth-order valence-corrected chi connectivity index (χ4v) is 3.84. The predicted molar refractivity (Wildman–Crippen MR) is 89.7 cm³/mol. The summed E-state index contributed by atoms with van der Waals surface area (Å²) in [6.07, 6.45) is 0. The van der Waals surface area contributed by atoms with Crippen molar-refractivity contribution >= 4 is 31.8 Å². The third-order valence-corrected chi connectivity index (χ3v) is 6.09. The lowest BCUT2D eigenvalue weighted by Crippen LogP contribution is -1.95. The molecule has 13 heteroatoms. The van der Waals surface area contributed by atoms with Gasteiger partial charge in [-0.3, -0.25) is 0 Å². The van der Waals surface area contributed by atoms with E-state index in [-0.39, 0.29) is 9.79 Å². The van der Waals surface area contributed by atoms with E-state index >= 15 is 0 Å². The molecular weight excluding hydrogens is 388 g/mol. The third kappa shape index (κ3) is 4.66. The van der Waals surface area contributed by atoms with E-state index in [2.05, 4.69) is 18.9 Å². The lowest BCUT2D eigenvalue weighted by molar-refractivity contribution is 0.595. The van der Waals surface area contributed by atoms with Crippen molar-refractivity contribution in [3.63, 3.8) is 0 Å². The van der Waals surface area contributed by atoms with Crippen LogP contribution in [0, 0.1) is 0 Å². The monoisotopic (exact) mass is 396 g/mol. The highest BCUT2D eigenvalue weighted by Crippen LogP contribution is 2.29. The molecule has 2 aromatic rings. The lowest BCUT2D eigenvalue weighted by Gasteiger charge is -2.04. The van der Waals surface area contributed by atoms with Crippen LogP contribution in [-0.4, -0.2) is 16.8 Å². The van der Waals surface area contributed by atoms with Gasteiger partial charge in [0.1, 0.15) is 0 Å². The predicted octanol–water partition coefficient (Wildman–Crippen LogP) is 3.84. The molecule has 0 aliphatic rings. The Morgan fingerprint density at radius 1 is 0.680 bits per heavy atom. The van der Waals surface area contributed by atoms with Crippen LogP contribution in [0.5, 0.6) is 0 Å². The van der Waals surface area contributed by atoms with E-state index in [1.807, 2.05) is 0 Å². The van der Waals surface area contributed by atoms with Gasteiger partial charge in [0.2, 0.25) is 0 Å². The maximum absolute atomic E-state index is 11.6. The Balaban J connectivity index is 2.21. The van der Waals surface area contributed by atoms with Gasteiger partial charge in [0, 0.05) is 28.7 Å². The zero-order valence-corrected chi connectivity index (χ0v) is 14.6. The van der Waals surface area contributed by atoms with Gasteiger partial charge in [-0.1, -0.05) is 11.8 Å². The van der Waals surface area contributed by atoms with E-state index in [0.29, 0.717) is 9.79 Å². The van der Waals surface area contributed by atoms with Crippen LogP contribution < -0.4 is 0 Å². The van der Waals surface area contributed by atoms with Gasteiger partial charge in [0.05, 0.1) is 9.79 Å². The first kappa shape index (κ1) is 18.6. The summed E-state index contributed by atoms with van der Waals surface area (Å²) < 4.78 is 51.8. The summed E-state index contributed by atoms with van der Waals surface area (Å²) in [7, 11) is -8.07. The van der Waals surface area contributed by atoms with Crippen molar-refractivity contribution in [2.75, 3.05) is 0 Å². The Morgan fingerprint density at radius 2 is 1.00 bits per heavy atom. The summed E-state index contributed by atoms with van der Waals surface area (Å²) in [5, 5.41) is 0. The molecule has 25 heavy (non-hydrogen) atoms. The highest BCUT2D eigenvalue weighted by Gasteiger charge is 2.13. The zero-order valence-electron chi connectivity index (χ0n) is 12.2. The number of azide groups is 2. The molecule has 0 unspecified atom stereocenters. The van der Waals surface area contributed by atoms with Gasteiger partial charge in [-0.2, -0.15) is 0 Å². The molecule has 0 saturated heterocycles. The molecule has 0 heterocycles. The molecule has 2 rings (SSSR count). The fraction of sp³-hybridized carbons (Fsp3) is 0. The van der Waals surface area contributed by atoms with Crippen molar-refractivity contribution in [3.05, 3.63) is 69.4 Å². The van der Waals surface area contributed by atoms with Crippen LogP contribution in [0.2, 0.25) is 0 Å². The lowest BCUT2D eigenvalue weighted by atomic mass is 10.4. The largest absolute Gasteiger partial charge is 0.264 e. The Bertz CT molecular complexity index is 993. The second kappa shape index (κ2) is 7.47. The average molecular weight is 396 g/mol. The first-order chi connectivity index (χ1) is 11.8. The maximum atomic E-state index is 11.6. The highest BCUT2D eigenvalue weighted by atomic mass is 32.2. The number of sulfonamides is 2. The van der Waals surface area contributed by atoms with Gasteiger partial charge in [-0.15, -0.1) is 0 Å². The van der Waals surface area contributed by atoms with Gasteiger partial charge >= 0.3 is 0 Å². The summed E-state index contributed by atoms with van der Waals surface area (Å²) in [4.78, 5) is 5.64. The first-order valence-corrected chi connectivity index (χ1v) is 9.99. The van der Waals surface area contributed by atoms with Crippen LogP contribution >= 0.6 is 11.8 Å². The van der Waals surface area contributed by atoms with Crippen LogP contribution in [0.15, 0.2) is 77.2 Å². The molecule has 0 N–H and O–H groups in total. The number of hydrogen-bond acceptors (Lipinski definition) is 5. The SMILES string of the molecule is [N-]=[N+]=NS(=O)(=O)c1ccc(Sc2ccc(S(=O)(=O)N=[N+]=[N-])cc2)cc1. The van der Waals surface area contributed by atoms with Crippen molar-refractivity contribution in [1.82, 2.24) is 0 Å². The van der Waals surface area contributed by atoms with Crippen molar-refractivity contribution in [2.24, 2.45) is 9.04 Å². The second-order valence-electron chi connectivity index (χ2n) is 4.34. The Hall–Kier alpha value is -2.69. The summed E-state index contributed by atoms with van der Waals surface area (Å²) in [6, 6.07) is 11.3. The van der Waals surface area contributed by atoms with E-state index in [1.54, 1.807) is 0 Å². The summed E-state index contributed by atoms with van der Waals surface area (Å²) >= 11 is 1.26. The van der Waals surface area contributed by atoms with Crippen molar-refractivity contribution in [2.45, 2.75) is 19.6 Å². The van der Waals surface area contributed by atoms with Crippen LogP contribution in [-0.2, 0) is 20.0 Å². The molecule has 0 aromatic heterocycles. The third-order valence-electron chi connectivity index (χ3n) is 2.77. The molecular formula is C12H8N6O4S3. The van der Waals surface area contributed by atoms with Crippen LogP contribution in [0.4, 0.5) is 0 Å². The van der Waals surface area contributed by atoms with E-state index < -0.39 is 20.0 Å². The molecule has 0 fully saturated rings. The molecule has 0 aliphatic carbocycles. The molecule has 0 amide bonds. The fourth-order valence-electron chi connectivity index (χ4n) is 1.69. The maximum Gasteiger partial charge on any atom is 0.264 e. The molecule has 0 aliphatic heterocycles. The molecule has 0 spiro atoms.